The van der Waals surface area contributed by atoms with Crippen molar-refractivity contribution in [3.63, 3.8) is 0 Å². The third-order valence-corrected chi connectivity index (χ3v) is 2.24. The molecular weight excluding hydrogens is 157 g/mol. The van der Waals surface area contributed by atoms with Gasteiger partial charge in [-0.05, 0) is 5.92 Å². The second-order valence-electron chi connectivity index (χ2n) is 3.30. The van der Waals surface area contributed by atoms with Crippen LogP contribution in [0.15, 0.2) is 0 Å². The molecule has 1 N–H and O–H groups in total. The van der Waals surface area contributed by atoms with Gasteiger partial charge in [-0.15, -0.1) is 0 Å². The number of aliphatic hydroxyl groups is 1. The summed E-state index contributed by atoms with van der Waals surface area (Å²) in [4.78, 5) is 0. The quantitative estimate of drug-likeness (QED) is 0.673. The minimum absolute atomic E-state index is 0.438. The molecule has 0 bridgehead atoms. The first kappa shape index (κ1) is 10.8. The number of rotatable bonds is 2. The minimum Gasteiger partial charge on any atom is -0.396 e. The van der Waals surface area contributed by atoms with E-state index in [1.165, 1.54) is 6.92 Å². The van der Waals surface area contributed by atoms with Gasteiger partial charge in [0.2, 0.25) is 0 Å². The van der Waals surface area contributed by atoms with Crippen LogP contribution < -0.4 is 0 Å². The fraction of sp³-hybridized carbons (Fsp3) is 1.00. The Morgan fingerprint density at radius 2 is 1.64 bits per heavy atom. The van der Waals surface area contributed by atoms with Crippen LogP contribution in [0.1, 0.15) is 20.8 Å². The molecule has 0 aromatic heterocycles. The largest absolute Gasteiger partial charge is 0.396 e. The topological polar surface area (TPSA) is 20.2 Å². The Balaban J connectivity index is 4.45. The Kier molecular flexibility index (Phi) is 2.94. The molecule has 0 aliphatic rings. The molecule has 4 heteroatoms. The Morgan fingerprint density at radius 1 is 1.27 bits per heavy atom. The molecule has 0 saturated heterocycles. The SMILES string of the molecule is C[C@@H](CO)C(C)(C)C(F)(F)F. The average Bonchev–Trinajstić information content (AvgIpc) is 1.83. The summed E-state index contributed by atoms with van der Waals surface area (Å²) in [6.45, 7) is 3.13. The van der Waals surface area contributed by atoms with E-state index in [0.29, 0.717) is 0 Å². The molecule has 1 atom stereocenters. The molecule has 0 fully saturated rings. The van der Waals surface area contributed by atoms with Gasteiger partial charge < -0.3 is 5.11 Å². The van der Waals surface area contributed by atoms with Crippen molar-refractivity contribution in [1.82, 2.24) is 0 Å². The van der Waals surface area contributed by atoms with Crippen LogP contribution in [-0.4, -0.2) is 17.9 Å². The van der Waals surface area contributed by atoms with Crippen molar-refractivity contribution in [3.8, 4) is 0 Å². The maximum atomic E-state index is 12.2. The zero-order valence-corrected chi connectivity index (χ0v) is 6.87. The molecule has 0 aromatic rings. The van der Waals surface area contributed by atoms with Crippen molar-refractivity contribution in [1.29, 1.82) is 0 Å². The highest BCUT2D eigenvalue weighted by atomic mass is 19.4. The van der Waals surface area contributed by atoms with E-state index in [2.05, 4.69) is 0 Å². The summed E-state index contributed by atoms with van der Waals surface area (Å²) in [6, 6.07) is 0. The van der Waals surface area contributed by atoms with Crippen LogP contribution >= 0.6 is 0 Å². The molecule has 0 aliphatic heterocycles. The Hall–Kier alpha value is -0.250. The van der Waals surface area contributed by atoms with Crippen molar-refractivity contribution in [2.75, 3.05) is 6.61 Å². The lowest BCUT2D eigenvalue weighted by molar-refractivity contribution is -0.230. The third kappa shape index (κ3) is 2.09. The van der Waals surface area contributed by atoms with Gasteiger partial charge in [-0.25, -0.2) is 0 Å². The lowest BCUT2D eigenvalue weighted by Crippen LogP contribution is -2.39. The van der Waals surface area contributed by atoms with Crippen LogP contribution in [0.5, 0.6) is 0 Å². The first-order chi connectivity index (χ1) is 4.73. The smallest absolute Gasteiger partial charge is 0.394 e. The summed E-state index contributed by atoms with van der Waals surface area (Å²) in [5.74, 6) is -0.762. The molecule has 11 heavy (non-hydrogen) atoms. The molecular formula is C7H13F3O. The minimum atomic E-state index is -4.24. The van der Waals surface area contributed by atoms with Crippen molar-refractivity contribution in [3.05, 3.63) is 0 Å². The van der Waals surface area contributed by atoms with Gasteiger partial charge in [0, 0.05) is 6.61 Å². The molecule has 0 saturated carbocycles. The second-order valence-corrected chi connectivity index (χ2v) is 3.30. The molecule has 0 radical (unpaired) electrons. The van der Waals surface area contributed by atoms with Crippen LogP contribution in [0.25, 0.3) is 0 Å². The Morgan fingerprint density at radius 3 is 1.73 bits per heavy atom. The van der Waals surface area contributed by atoms with E-state index in [9.17, 15) is 13.2 Å². The summed E-state index contributed by atoms with van der Waals surface area (Å²) < 4.78 is 36.5. The predicted molar refractivity (Wildman–Crippen MR) is 36.1 cm³/mol. The van der Waals surface area contributed by atoms with Crippen molar-refractivity contribution in [2.24, 2.45) is 11.3 Å². The Labute approximate surface area is 64.2 Å². The van der Waals surface area contributed by atoms with Gasteiger partial charge in [-0.1, -0.05) is 20.8 Å². The van der Waals surface area contributed by atoms with Gasteiger partial charge in [0.15, 0.2) is 0 Å². The number of hydrogen-bond acceptors (Lipinski definition) is 1. The monoisotopic (exact) mass is 170 g/mol. The third-order valence-electron chi connectivity index (χ3n) is 2.24. The van der Waals surface area contributed by atoms with E-state index in [4.69, 9.17) is 5.11 Å². The van der Waals surface area contributed by atoms with Crippen molar-refractivity contribution < 1.29 is 18.3 Å². The maximum absolute atomic E-state index is 12.2. The zero-order chi connectivity index (χ0) is 9.28. The molecule has 1 nitrogen and oxygen atoms in total. The highest BCUT2D eigenvalue weighted by molar-refractivity contribution is 4.81. The highest BCUT2D eigenvalue weighted by Gasteiger charge is 2.50. The molecule has 0 unspecified atom stereocenters. The summed E-state index contributed by atoms with van der Waals surface area (Å²) in [5, 5.41) is 8.53. The predicted octanol–water partition coefficient (Wildman–Crippen LogP) is 2.20. The standard InChI is InChI=1S/C7H13F3O/c1-5(4-11)6(2,3)7(8,9)10/h5,11H,4H2,1-3H3/t5-/m0/s1. The molecule has 0 rings (SSSR count). The van der Waals surface area contributed by atoms with Crippen LogP contribution in [0.2, 0.25) is 0 Å². The normalized spacial score (nSPS) is 16.6. The number of alkyl halides is 3. The van der Waals surface area contributed by atoms with Crippen LogP contribution in [0.4, 0.5) is 13.2 Å². The Bertz CT molecular complexity index is 128. The van der Waals surface area contributed by atoms with Gasteiger partial charge in [-0.2, -0.15) is 13.2 Å². The van der Waals surface area contributed by atoms with Crippen LogP contribution in [0, 0.1) is 11.3 Å². The summed E-state index contributed by atoms with van der Waals surface area (Å²) in [7, 11) is 0. The van der Waals surface area contributed by atoms with Crippen molar-refractivity contribution in [2.45, 2.75) is 26.9 Å². The number of halogens is 3. The van der Waals surface area contributed by atoms with Gasteiger partial charge >= 0.3 is 6.18 Å². The van der Waals surface area contributed by atoms with E-state index in [1.807, 2.05) is 0 Å². The summed E-state index contributed by atoms with van der Waals surface area (Å²) in [5.41, 5.74) is -1.80. The van der Waals surface area contributed by atoms with E-state index < -0.39 is 24.1 Å². The lowest BCUT2D eigenvalue weighted by atomic mass is 9.80. The van der Waals surface area contributed by atoms with Gasteiger partial charge in [0.05, 0.1) is 5.41 Å². The number of hydrogen-bond donors (Lipinski definition) is 1. The highest BCUT2D eigenvalue weighted by Crippen LogP contribution is 2.42. The second kappa shape index (κ2) is 3.01. The summed E-state index contributed by atoms with van der Waals surface area (Å²) in [6.07, 6.45) is -4.24. The first-order valence-electron chi connectivity index (χ1n) is 3.41. The molecule has 0 spiro atoms. The lowest BCUT2D eigenvalue weighted by Gasteiger charge is -2.32. The number of aliphatic hydroxyl groups excluding tert-OH is 1. The molecule has 0 amide bonds. The molecule has 0 aromatic carbocycles. The van der Waals surface area contributed by atoms with Gasteiger partial charge in [0.1, 0.15) is 0 Å². The first-order valence-corrected chi connectivity index (χ1v) is 3.41. The van der Waals surface area contributed by atoms with Crippen molar-refractivity contribution >= 4 is 0 Å². The van der Waals surface area contributed by atoms with E-state index >= 15 is 0 Å². The molecule has 0 aliphatic carbocycles. The fourth-order valence-electron chi connectivity index (χ4n) is 0.508. The zero-order valence-electron chi connectivity index (χ0n) is 6.87. The molecule has 0 heterocycles. The van der Waals surface area contributed by atoms with Gasteiger partial charge in [-0.3, -0.25) is 0 Å². The maximum Gasteiger partial charge on any atom is 0.394 e. The average molecular weight is 170 g/mol. The van der Waals surface area contributed by atoms with Gasteiger partial charge in [0.25, 0.3) is 0 Å². The fourth-order valence-corrected chi connectivity index (χ4v) is 0.508. The summed E-state index contributed by atoms with van der Waals surface area (Å²) >= 11 is 0. The van der Waals surface area contributed by atoms with E-state index in [-0.39, 0.29) is 0 Å². The van der Waals surface area contributed by atoms with Crippen LogP contribution in [0.3, 0.4) is 0 Å². The van der Waals surface area contributed by atoms with E-state index in [1.54, 1.807) is 0 Å². The van der Waals surface area contributed by atoms with E-state index in [0.717, 1.165) is 13.8 Å². The molecule has 68 valence electrons. The van der Waals surface area contributed by atoms with Crippen LogP contribution in [-0.2, 0) is 0 Å².